The van der Waals surface area contributed by atoms with E-state index in [1.54, 1.807) is 37.3 Å². The number of ether oxygens (including phenoxy) is 1. The molecule has 0 unspecified atom stereocenters. The number of pyridine rings is 1. The molecule has 1 aromatic carbocycles. The fourth-order valence-electron chi connectivity index (χ4n) is 2.88. The van der Waals surface area contributed by atoms with Crippen LogP contribution in [-0.4, -0.2) is 26.5 Å². The minimum atomic E-state index is -0.815. The van der Waals surface area contributed by atoms with Crippen LogP contribution in [0.2, 0.25) is 0 Å². The fraction of sp³-hybridized carbons (Fsp3) is 0.227. The number of aryl methyl sites for hydroxylation is 3. The predicted molar refractivity (Wildman–Crippen MR) is 118 cm³/mol. The molecule has 32 heavy (non-hydrogen) atoms. The number of hydrogen-bond donors (Lipinski definition) is 3. The Morgan fingerprint density at radius 3 is 2.53 bits per heavy atom. The van der Waals surface area contributed by atoms with Crippen LogP contribution in [0.3, 0.4) is 0 Å². The van der Waals surface area contributed by atoms with E-state index in [1.807, 2.05) is 26.0 Å². The van der Waals surface area contributed by atoms with Gasteiger partial charge in [-0.3, -0.25) is 24.6 Å². The van der Waals surface area contributed by atoms with E-state index in [1.165, 1.54) is 10.8 Å². The molecule has 0 saturated carbocycles. The van der Waals surface area contributed by atoms with Gasteiger partial charge in [-0.05, 0) is 44.5 Å². The van der Waals surface area contributed by atoms with Crippen molar-refractivity contribution < 1.29 is 14.3 Å². The Bertz CT molecular complexity index is 1180. The van der Waals surface area contributed by atoms with Gasteiger partial charge in [0, 0.05) is 29.8 Å². The molecule has 3 N–H and O–H groups in total. The molecule has 2 aromatic heterocycles. The Morgan fingerprint density at radius 2 is 1.81 bits per heavy atom. The van der Waals surface area contributed by atoms with Crippen molar-refractivity contribution in [2.75, 3.05) is 5.43 Å². The number of benzene rings is 1. The van der Waals surface area contributed by atoms with Gasteiger partial charge in [-0.2, -0.15) is 0 Å². The summed E-state index contributed by atoms with van der Waals surface area (Å²) in [6.45, 7) is 5.54. The molecule has 0 spiro atoms. The van der Waals surface area contributed by atoms with Crippen molar-refractivity contribution in [3.05, 3.63) is 81.7 Å². The first-order valence-corrected chi connectivity index (χ1v) is 9.88. The van der Waals surface area contributed by atoms with Gasteiger partial charge in [-0.1, -0.05) is 24.3 Å². The minimum Gasteiger partial charge on any atom is -0.409 e. The van der Waals surface area contributed by atoms with Crippen LogP contribution in [0.5, 0.6) is 5.75 Å². The Balaban J connectivity index is 1.60. The number of nitrogens with one attached hydrogen (secondary N) is 3. The highest BCUT2D eigenvalue weighted by atomic mass is 16.6. The lowest BCUT2D eigenvalue weighted by Crippen LogP contribution is -2.38. The molecule has 166 valence electrons. The molecule has 2 amide bonds. The number of hydrogen-bond acceptors (Lipinski definition) is 7. The van der Waals surface area contributed by atoms with Gasteiger partial charge in [0.1, 0.15) is 12.3 Å². The highest BCUT2D eigenvalue weighted by molar-refractivity contribution is 5.76. The van der Waals surface area contributed by atoms with Crippen LogP contribution in [-0.2, 0) is 17.9 Å². The lowest BCUT2D eigenvalue weighted by molar-refractivity contribution is -0.121. The van der Waals surface area contributed by atoms with Gasteiger partial charge in [-0.25, -0.2) is 15.2 Å². The van der Waals surface area contributed by atoms with Crippen LogP contribution in [0.1, 0.15) is 22.6 Å². The largest absolute Gasteiger partial charge is 0.431 e. The van der Waals surface area contributed by atoms with Crippen molar-refractivity contribution in [1.29, 1.82) is 0 Å². The van der Waals surface area contributed by atoms with Crippen LogP contribution >= 0.6 is 0 Å². The molecule has 0 aliphatic heterocycles. The molecule has 0 aliphatic carbocycles. The summed E-state index contributed by atoms with van der Waals surface area (Å²) in [5, 5.41) is 2.79. The van der Waals surface area contributed by atoms with Gasteiger partial charge in [0.2, 0.25) is 11.7 Å². The Kier molecular flexibility index (Phi) is 7.17. The first-order chi connectivity index (χ1) is 15.3. The average molecular weight is 436 g/mol. The van der Waals surface area contributed by atoms with Crippen molar-refractivity contribution >= 4 is 17.8 Å². The Hall–Kier alpha value is -4.21. The van der Waals surface area contributed by atoms with Crippen LogP contribution in [0, 0.1) is 20.8 Å². The minimum absolute atomic E-state index is 0.146. The Morgan fingerprint density at radius 1 is 1.06 bits per heavy atom. The second kappa shape index (κ2) is 10.2. The van der Waals surface area contributed by atoms with Crippen LogP contribution in [0.25, 0.3) is 0 Å². The molecule has 3 aromatic rings. The molecule has 0 atom stereocenters. The smallest absolute Gasteiger partial charge is 0.409 e. The topological polar surface area (TPSA) is 127 Å². The van der Waals surface area contributed by atoms with Gasteiger partial charge >= 0.3 is 6.09 Å². The molecule has 0 bridgehead atoms. The lowest BCUT2D eigenvalue weighted by Gasteiger charge is -2.13. The second-order valence-corrected chi connectivity index (χ2v) is 7.07. The molecular formula is C22H24N6O4. The third kappa shape index (κ3) is 5.91. The molecule has 0 fully saturated rings. The normalized spacial score (nSPS) is 10.3. The Labute approximate surface area is 184 Å². The zero-order valence-electron chi connectivity index (χ0n) is 18.0. The summed E-state index contributed by atoms with van der Waals surface area (Å²) in [5.74, 6) is -0.146. The maximum absolute atomic E-state index is 12.7. The van der Waals surface area contributed by atoms with E-state index in [9.17, 15) is 14.4 Å². The monoisotopic (exact) mass is 436 g/mol. The lowest BCUT2D eigenvalue weighted by atomic mass is 10.2. The molecule has 10 nitrogen and oxygen atoms in total. The van der Waals surface area contributed by atoms with Gasteiger partial charge in [0.25, 0.3) is 5.56 Å². The highest BCUT2D eigenvalue weighted by Crippen LogP contribution is 2.08. The van der Waals surface area contributed by atoms with Crippen molar-refractivity contribution in [2.24, 2.45) is 0 Å². The summed E-state index contributed by atoms with van der Waals surface area (Å²) < 4.78 is 6.33. The number of carbonyl (C=O) groups excluding carboxylic acids is 2. The summed E-state index contributed by atoms with van der Waals surface area (Å²) in [5.41, 5.74) is 7.25. The number of amides is 2. The van der Waals surface area contributed by atoms with E-state index in [0.717, 1.165) is 17.0 Å². The third-order valence-electron chi connectivity index (χ3n) is 4.60. The van der Waals surface area contributed by atoms with Crippen LogP contribution in [0.4, 0.5) is 10.6 Å². The predicted octanol–water partition coefficient (Wildman–Crippen LogP) is 2.00. The number of anilines is 1. The van der Waals surface area contributed by atoms with E-state index in [2.05, 4.69) is 26.1 Å². The molecule has 0 radical (unpaired) electrons. The van der Waals surface area contributed by atoms with E-state index in [0.29, 0.717) is 18.0 Å². The van der Waals surface area contributed by atoms with Crippen molar-refractivity contribution in [3.8, 4) is 5.75 Å². The van der Waals surface area contributed by atoms with Gasteiger partial charge < -0.3 is 10.1 Å². The maximum atomic E-state index is 12.7. The van der Waals surface area contributed by atoms with E-state index in [4.69, 9.17) is 4.74 Å². The summed E-state index contributed by atoms with van der Waals surface area (Å²) in [7, 11) is 0. The molecular weight excluding hydrogens is 412 g/mol. The number of carbonyl (C=O) groups is 2. The van der Waals surface area contributed by atoms with Crippen LogP contribution < -0.4 is 26.5 Å². The SMILES string of the molecule is Cc1ccc(CNC(=O)Cn2c(C)cnc(NNC(=O)Oc3ccccc3)c2=O)c(C)n1. The fourth-order valence-corrected chi connectivity index (χ4v) is 2.88. The summed E-state index contributed by atoms with van der Waals surface area (Å²) >= 11 is 0. The van der Waals surface area contributed by atoms with Crippen LogP contribution in [0.15, 0.2) is 53.5 Å². The standard InChI is InChI=1S/C22H24N6O4/c1-14-9-10-17(16(3)25-14)12-23-19(29)13-28-15(2)11-24-20(21(28)30)26-27-22(31)32-18-7-5-4-6-8-18/h4-11H,12-13H2,1-3H3,(H,23,29)(H,24,26)(H,27,31). The van der Waals surface area contributed by atoms with E-state index >= 15 is 0 Å². The molecule has 3 rings (SSSR count). The van der Waals surface area contributed by atoms with Gasteiger partial charge in [-0.15, -0.1) is 0 Å². The quantitative estimate of drug-likeness (QED) is 0.483. The third-order valence-corrected chi connectivity index (χ3v) is 4.60. The van der Waals surface area contributed by atoms with Crippen molar-refractivity contribution in [3.63, 3.8) is 0 Å². The van der Waals surface area contributed by atoms with Crippen molar-refractivity contribution in [2.45, 2.75) is 33.9 Å². The number of aromatic nitrogens is 3. The summed E-state index contributed by atoms with van der Waals surface area (Å²) in [4.78, 5) is 45.4. The first kappa shape index (κ1) is 22.5. The number of rotatable bonds is 7. The average Bonchev–Trinajstić information content (AvgIpc) is 2.76. The number of para-hydroxylation sites is 1. The first-order valence-electron chi connectivity index (χ1n) is 9.88. The maximum Gasteiger partial charge on any atom is 0.431 e. The van der Waals surface area contributed by atoms with E-state index in [-0.39, 0.29) is 18.3 Å². The number of nitrogens with zero attached hydrogens (tertiary/aromatic N) is 3. The molecule has 10 heteroatoms. The summed E-state index contributed by atoms with van der Waals surface area (Å²) in [6.07, 6.45) is 0.610. The zero-order chi connectivity index (χ0) is 23.1. The molecule has 2 heterocycles. The van der Waals surface area contributed by atoms with Crippen molar-refractivity contribution in [1.82, 2.24) is 25.3 Å². The number of hydrazine groups is 1. The van der Waals surface area contributed by atoms with E-state index < -0.39 is 11.7 Å². The van der Waals surface area contributed by atoms with Gasteiger partial charge in [0.15, 0.2) is 0 Å². The zero-order valence-corrected chi connectivity index (χ0v) is 18.0. The molecule has 0 aliphatic rings. The summed E-state index contributed by atoms with van der Waals surface area (Å²) in [6, 6.07) is 12.2. The highest BCUT2D eigenvalue weighted by Gasteiger charge is 2.13. The van der Waals surface area contributed by atoms with Gasteiger partial charge in [0.05, 0.1) is 0 Å². The second-order valence-electron chi connectivity index (χ2n) is 7.07. The molecule has 0 saturated heterocycles.